The van der Waals surface area contributed by atoms with Gasteiger partial charge in [-0.05, 0) is 43.5 Å². The fourth-order valence-electron chi connectivity index (χ4n) is 3.45. The zero-order valence-corrected chi connectivity index (χ0v) is 12.7. The summed E-state index contributed by atoms with van der Waals surface area (Å²) < 4.78 is 5.30. The van der Waals surface area contributed by atoms with Crippen LogP contribution in [-0.4, -0.2) is 50.2 Å². The molecule has 5 nitrogen and oxygen atoms in total. The van der Waals surface area contributed by atoms with Crippen molar-refractivity contribution in [3.8, 4) is 0 Å². The minimum atomic E-state index is -0.0689. The highest BCUT2D eigenvalue weighted by Crippen LogP contribution is 2.30. The summed E-state index contributed by atoms with van der Waals surface area (Å²) in [5.74, 6) is 0.110. The summed E-state index contributed by atoms with van der Waals surface area (Å²) in [6, 6.07) is 6.46. The predicted octanol–water partition coefficient (Wildman–Crippen LogP) is 1.70. The highest BCUT2D eigenvalue weighted by molar-refractivity contribution is 5.98. The first kappa shape index (κ1) is 14.4. The number of carbonyl (C=O) groups excluding carboxylic acids is 1. The van der Waals surface area contributed by atoms with E-state index in [1.165, 1.54) is 5.56 Å². The number of nitrogens with zero attached hydrogens (tertiary/aromatic N) is 1. The number of likely N-dealkylation sites (tertiary alicyclic amines) is 1. The second-order valence-corrected chi connectivity index (χ2v) is 5.82. The molecule has 5 heteroatoms. The fraction of sp³-hybridized carbons (Fsp3) is 0.562. The molecule has 114 valence electrons. The number of carbonyl (C=O) groups is 1. The number of amides is 1. The molecule has 1 unspecified atom stereocenters. The first-order valence-electron chi connectivity index (χ1n) is 7.59. The Bertz CT molecular complexity index is 532. The lowest BCUT2D eigenvalue weighted by atomic mass is 9.97. The van der Waals surface area contributed by atoms with Gasteiger partial charge in [0.1, 0.15) is 0 Å². The van der Waals surface area contributed by atoms with E-state index in [9.17, 15) is 4.79 Å². The lowest BCUT2D eigenvalue weighted by Gasteiger charge is -2.35. The number of hydrogen-bond donors (Lipinski definition) is 2. The van der Waals surface area contributed by atoms with Crippen LogP contribution in [0.15, 0.2) is 18.2 Å². The van der Waals surface area contributed by atoms with E-state index in [0.717, 1.165) is 37.2 Å². The van der Waals surface area contributed by atoms with Crippen LogP contribution >= 0.6 is 0 Å². The van der Waals surface area contributed by atoms with E-state index in [1.54, 1.807) is 7.11 Å². The Morgan fingerprint density at radius 3 is 3.10 bits per heavy atom. The number of nitrogens with one attached hydrogen (secondary N) is 2. The molecule has 0 aromatic heterocycles. The first-order valence-corrected chi connectivity index (χ1v) is 7.59. The molecule has 3 rings (SSSR count). The Hall–Kier alpha value is -1.59. The lowest BCUT2D eigenvalue weighted by Crippen LogP contribution is -2.50. The summed E-state index contributed by atoms with van der Waals surface area (Å²) >= 11 is 0. The molecular weight excluding hydrogens is 266 g/mol. The first-order chi connectivity index (χ1) is 10.2. The molecule has 21 heavy (non-hydrogen) atoms. The van der Waals surface area contributed by atoms with Crippen molar-refractivity contribution < 1.29 is 9.53 Å². The molecule has 1 amide bonds. The van der Waals surface area contributed by atoms with Crippen LogP contribution in [-0.2, 0) is 16.0 Å². The molecule has 2 aliphatic rings. The fourth-order valence-corrected chi connectivity index (χ4v) is 3.45. The molecule has 0 radical (unpaired) electrons. The summed E-state index contributed by atoms with van der Waals surface area (Å²) in [6.07, 6.45) is 3.04. The number of fused-ring (bicyclic) bond motifs is 1. The van der Waals surface area contributed by atoms with Crippen molar-refractivity contribution in [2.45, 2.75) is 31.3 Å². The van der Waals surface area contributed by atoms with Crippen LogP contribution < -0.4 is 10.6 Å². The van der Waals surface area contributed by atoms with E-state index in [-0.39, 0.29) is 11.9 Å². The highest BCUT2D eigenvalue weighted by atomic mass is 16.5. The molecule has 0 spiro atoms. The van der Waals surface area contributed by atoms with Gasteiger partial charge in [-0.25, -0.2) is 0 Å². The van der Waals surface area contributed by atoms with Gasteiger partial charge in [-0.3, -0.25) is 9.69 Å². The number of benzene rings is 1. The quantitative estimate of drug-likeness (QED) is 0.886. The molecule has 1 aromatic carbocycles. The average molecular weight is 289 g/mol. The summed E-state index contributed by atoms with van der Waals surface area (Å²) in [7, 11) is 3.61. The van der Waals surface area contributed by atoms with Crippen molar-refractivity contribution in [3.05, 3.63) is 23.8 Å². The van der Waals surface area contributed by atoms with E-state index < -0.39 is 0 Å². The molecular formula is C16H23N3O2. The second kappa shape index (κ2) is 6.03. The second-order valence-electron chi connectivity index (χ2n) is 5.82. The molecule has 1 fully saturated rings. The maximum Gasteiger partial charge on any atom is 0.242 e. The largest absolute Gasteiger partial charge is 0.388 e. The molecule has 0 aliphatic carbocycles. The average Bonchev–Trinajstić information content (AvgIpc) is 2.94. The van der Waals surface area contributed by atoms with Crippen LogP contribution in [0.5, 0.6) is 0 Å². The van der Waals surface area contributed by atoms with E-state index in [2.05, 4.69) is 27.7 Å². The lowest BCUT2D eigenvalue weighted by molar-refractivity contribution is -0.122. The van der Waals surface area contributed by atoms with Gasteiger partial charge in [-0.2, -0.15) is 0 Å². The van der Waals surface area contributed by atoms with Gasteiger partial charge < -0.3 is 15.4 Å². The molecule has 2 atom stereocenters. The van der Waals surface area contributed by atoms with Crippen molar-refractivity contribution in [1.29, 1.82) is 0 Å². The van der Waals surface area contributed by atoms with Gasteiger partial charge in [0.2, 0.25) is 5.91 Å². The number of anilines is 2. The zero-order valence-electron chi connectivity index (χ0n) is 12.7. The molecule has 0 bridgehead atoms. The van der Waals surface area contributed by atoms with Crippen LogP contribution in [0.3, 0.4) is 0 Å². The topological polar surface area (TPSA) is 53.6 Å². The van der Waals surface area contributed by atoms with E-state index in [1.807, 2.05) is 13.1 Å². The summed E-state index contributed by atoms with van der Waals surface area (Å²) in [6.45, 7) is 1.69. The zero-order chi connectivity index (χ0) is 14.8. The van der Waals surface area contributed by atoms with Crippen LogP contribution in [0, 0.1) is 0 Å². The van der Waals surface area contributed by atoms with Crippen molar-refractivity contribution in [2.24, 2.45) is 0 Å². The Balaban J connectivity index is 1.80. The van der Waals surface area contributed by atoms with E-state index in [0.29, 0.717) is 12.6 Å². The monoisotopic (exact) mass is 289 g/mol. The number of methoxy groups -OCH3 is 1. The normalized spacial score (nSPS) is 25.5. The molecule has 2 N–H and O–H groups in total. The molecule has 0 saturated carbocycles. The molecule has 1 saturated heterocycles. The third-order valence-electron chi connectivity index (χ3n) is 4.55. The van der Waals surface area contributed by atoms with Gasteiger partial charge in [-0.15, -0.1) is 0 Å². The van der Waals surface area contributed by atoms with Gasteiger partial charge in [0, 0.05) is 31.6 Å². The van der Waals surface area contributed by atoms with Crippen molar-refractivity contribution in [2.75, 3.05) is 37.9 Å². The van der Waals surface area contributed by atoms with E-state index in [4.69, 9.17) is 4.74 Å². The van der Waals surface area contributed by atoms with E-state index >= 15 is 0 Å². The van der Waals surface area contributed by atoms with Crippen molar-refractivity contribution >= 4 is 17.3 Å². The van der Waals surface area contributed by atoms with Crippen molar-refractivity contribution in [3.63, 3.8) is 0 Å². The Morgan fingerprint density at radius 1 is 1.48 bits per heavy atom. The summed E-state index contributed by atoms with van der Waals surface area (Å²) in [5.41, 5.74) is 3.16. The van der Waals surface area contributed by atoms with Crippen LogP contribution in [0.4, 0.5) is 11.4 Å². The molecule has 1 aromatic rings. The standard InChI is InChI=1S/C16H23N3O2/c1-17-12-6-5-11-8-15(16(20)18-14(11)9-12)19-7-3-4-13(19)10-21-2/h5-6,9,13,15,17H,3-4,7-8,10H2,1-2H3,(H,18,20)/t13-,15?/m0/s1. The Morgan fingerprint density at radius 2 is 2.33 bits per heavy atom. The van der Waals surface area contributed by atoms with Gasteiger partial charge in [0.05, 0.1) is 12.6 Å². The van der Waals surface area contributed by atoms with Crippen LogP contribution in [0.2, 0.25) is 0 Å². The van der Waals surface area contributed by atoms with Gasteiger partial charge >= 0.3 is 0 Å². The van der Waals surface area contributed by atoms with Crippen molar-refractivity contribution in [1.82, 2.24) is 4.90 Å². The third-order valence-corrected chi connectivity index (χ3v) is 4.55. The minimum Gasteiger partial charge on any atom is -0.388 e. The molecule has 2 aliphatic heterocycles. The summed E-state index contributed by atoms with van der Waals surface area (Å²) in [5, 5.41) is 6.17. The number of rotatable bonds is 4. The maximum atomic E-state index is 12.5. The Labute approximate surface area is 125 Å². The SMILES string of the molecule is CNc1ccc2c(c1)NC(=O)C(N1CCC[C@H]1COC)C2. The maximum absolute atomic E-state index is 12.5. The van der Waals surface area contributed by atoms with Gasteiger partial charge in [-0.1, -0.05) is 6.07 Å². The minimum absolute atomic E-state index is 0.0689. The third kappa shape index (κ3) is 2.76. The highest BCUT2D eigenvalue weighted by Gasteiger charge is 2.37. The smallest absolute Gasteiger partial charge is 0.242 e. The molecule has 2 heterocycles. The number of ether oxygens (including phenoxy) is 1. The van der Waals surface area contributed by atoms with Crippen LogP contribution in [0.1, 0.15) is 18.4 Å². The van der Waals surface area contributed by atoms with Gasteiger partial charge in [0.25, 0.3) is 0 Å². The predicted molar refractivity (Wildman–Crippen MR) is 83.7 cm³/mol. The van der Waals surface area contributed by atoms with Gasteiger partial charge in [0.15, 0.2) is 0 Å². The number of hydrogen-bond acceptors (Lipinski definition) is 4. The summed E-state index contributed by atoms with van der Waals surface area (Å²) in [4.78, 5) is 14.8. The van der Waals surface area contributed by atoms with Crippen LogP contribution in [0.25, 0.3) is 0 Å². The Kier molecular flexibility index (Phi) is 4.12.